The molecule has 1 heterocycles. The monoisotopic (exact) mass is 163 g/mol. The molecule has 1 unspecified atom stereocenters. The van der Waals surface area contributed by atoms with Crippen molar-refractivity contribution < 1.29 is 0 Å². The first-order chi connectivity index (χ1) is 5.58. The van der Waals surface area contributed by atoms with E-state index in [9.17, 15) is 0 Å². The highest BCUT2D eigenvalue weighted by molar-refractivity contribution is 5.45. The van der Waals surface area contributed by atoms with Crippen molar-refractivity contribution in [1.82, 2.24) is 5.32 Å². The first-order valence-electron chi connectivity index (χ1n) is 4.77. The van der Waals surface area contributed by atoms with Crippen molar-refractivity contribution in [3.05, 3.63) is 23.3 Å². The number of allylic oxidation sites excluding steroid dienone is 2. The average molecular weight is 163 g/mol. The van der Waals surface area contributed by atoms with Crippen molar-refractivity contribution in [2.24, 2.45) is 5.41 Å². The van der Waals surface area contributed by atoms with E-state index in [1.54, 1.807) is 5.57 Å². The molecule has 0 amide bonds. The Morgan fingerprint density at radius 2 is 2.17 bits per heavy atom. The van der Waals surface area contributed by atoms with Gasteiger partial charge < -0.3 is 5.32 Å². The van der Waals surface area contributed by atoms with Crippen LogP contribution in [0.1, 0.15) is 27.2 Å². The molecule has 1 atom stereocenters. The Bertz CT molecular complexity index is 258. The third-order valence-electron chi connectivity index (χ3n) is 2.76. The molecule has 0 aromatic carbocycles. The minimum Gasteiger partial charge on any atom is -0.310 e. The molecular weight excluding hydrogens is 146 g/mol. The lowest BCUT2D eigenvalue weighted by atomic mass is 9.95. The van der Waals surface area contributed by atoms with Crippen molar-refractivity contribution in [3.8, 4) is 0 Å². The van der Waals surface area contributed by atoms with Gasteiger partial charge in [-0.1, -0.05) is 26.0 Å². The van der Waals surface area contributed by atoms with Crippen molar-refractivity contribution in [2.45, 2.75) is 33.2 Å². The Morgan fingerprint density at radius 1 is 1.42 bits per heavy atom. The van der Waals surface area contributed by atoms with Gasteiger partial charge in [-0.3, -0.25) is 0 Å². The second-order valence-corrected chi connectivity index (χ2v) is 4.52. The lowest BCUT2D eigenvalue weighted by Crippen LogP contribution is -2.33. The number of hydrogen-bond donors (Lipinski definition) is 1. The average Bonchev–Trinajstić information content (AvgIpc) is 2.25. The van der Waals surface area contributed by atoms with Crippen molar-refractivity contribution in [2.75, 3.05) is 6.54 Å². The molecule has 66 valence electrons. The fraction of sp³-hybridized carbons (Fsp3) is 0.636. The summed E-state index contributed by atoms with van der Waals surface area (Å²) in [5.41, 5.74) is 3.41. The smallest absolute Gasteiger partial charge is 0.0291 e. The van der Waals surface area contributed by atoms with Crippen molar-refractivity contribution >= 4 is 0 Å². The standard InChI is InChI=1S/C11H17N/c1-8-10-7-11(2,3)6-9(10)4-5-12-8/h6-8,12H,4-5H2,1-3H3. The molecule has 1 saturated heterocycles. The van der Waals surface area contributed by atoms with Crippen LogP contribution in [0.15, 0.2) is 23.3 Å². The Balaban J connectivity index is 2.34. The summed E-state index contributed by atoms with van der Waals surface area (Å²) in [6.07, 6.45) is 6.03. The van der Waals surface area contributed by atoms with E-state index in [4.69, 9.17) is 0 Å². The molecule has 1 heteroatoms. The van der Waals surface area contributed by atoms with Gasteiger partial charge >= 0.3 is 0 Å². The number of rotatable bonds is 0. The molecule has 1 nitrogen and oxygen atoms in total. The highest BCUT2D eigenvalue weighted by Crippen LogP contribution is 2.37. The first kappa shape index (κ1) is 8.06. The van der Waals surface area contributed by atoms with Crippen LogP contribution >= 0.6 is 0 Å². The topological polar surface area (TPSA) is 12.0 Å². The van der Waals surface area contributed by atoms with Gasteiger partial charge in [-0.2, -0.15) is 0 Å². The maximum absolute atomic E-state index is 3.48. The van der Waals surface area contributed by atoms with Gasteiger partial charge in [0.05, 0.1) is 0 Å². The van der Waals surface area contributed by atoms with Crippen LogP contribution in [0.2, 0.25) is 0 Å². The molecule has 0 bridgehead atoms. The highest BCUT2D eigenvalue weighted by atomic mass is 14.9. The van der Waals surface area contributed by atoms with Gasteiger partial charge in [0, 0.05) is 11.5 Å². The minimum atomic E-state index is 0.297. The molecular formula is C11H17N. The van der Waals surface area contributed by atoms with E-state index in [1.807, 2.05) is 0 Å². The van der Waals surface area contributed by atoms with Crippen LogP contribution < -0.4 is 5.32 Å². The van der Waals surface area contributed by atoms with Gasteiger partial charge in [-0.15, -0.1) is 0 Å². The summed E-state index contributed by atoms with van der Waals surface area (Å²) in [5.74, 6) is 0. The lowest BCUT2D eigenvalue weighted by Gasteiger charge is -2.23. The molecule has 2 rings (SSSR count). The van der Waals surface area contributed by atoms with E-state index in [0.29, 0.717) is 11.5 Å². The fourth-order valence-corrected chi connectivity index (χ4v) is 2.22. The predicted octanol–water partition coefficient (Wildman–Crippen LogP) is 2.26. The third kappa shape index (κ3) is 1.22. The quantitative estimate of drug-likeness (QED) is 0.577. The maximum atomic E-state index is 3.48. The van der Waals surface area contributed by atoms with Gasteiger partial charge in [0.15, 0.2) is 0 Å². The Labute approximate surface area is 74.5 Å². The lowest BCUT2D eigenvalue weighted by molar-refractivity contribution is 0.573. The van der Waals surface area contributed by atoms with Crippen LogP contribution in [-0.4, -0.2) is 12.6 Å². The largest absolute Gasteiger partial charge is 0.310 e. The second-order valence-electron chi connectivity index (χ2n) is 4.52. The molecule has 0 radical (unpaired) electrons. The van der Waals surface area contributed by atoms with E-state index < -0.39 is 0 Å². The predicted molar refractivity (Wildman–Crippen MR) is 52.0 cm³/mol. The number of nitrogens with one attached hydrogen (secondary N) is 1. The van der Waals surface area contributed by atoms with E-state index in [0.717, 1.165) is 6.54 Å². The molecule has 1 N–H and O–H groups in total. The van der Waals surface area contributed by atoms with Gasteiger partial charge in [-0.25, -0.2) is 0 Å². The number of hydrogen-bond acceptors (Lipinski definition) is 1. The Morgan fingerprint density at radius 3 is 2.83 bits per heavy atom. The van der Waals surface area contributed by atoms with Crippen molar-refractivity contribution in [3.63, 3.8) is 0 Å². The molecule has 2 aliphatic rings. The van der Waals surface area contributed by atoms with Gasteiger partial charge in [0.1, 0.15) is 0 Å². The maximum Gasteiger partial charge on any atom is 0.0291 e. The van der Waals surface area contributed by atoms with Crippen LogP contribution in [0.25, 0.3) is 0 Å². The molecule has 0 aromatic rings. The summed E-state index contributed by atoms with van der Waals surface area (Å²) in [5, 5.41) is 3.48. The van der Waals surface area contributed by atoms with Crippen LogP contribution in [-0.2, 0) is 0 Å². The summed E-state index contributed by atoms with van der Waals surface area (Å²) in [6, 6.07) is 0.562. The summed E-state index contributed by atoms with van der Waals surface area (Å²) >= 11 is 0. The first-order valence-corrected chi connectivity index (χ1v) is 4.77. The van der Waals surface area contributed by atoms with Crippen LogP contribution in [0.3, 0.4) is 0 Å². The molecule has 1 aliphatic heterocycles. The third-order valence-corrected chi connectivity index (χ3v) is 2.76. The number of fused-ring (bicyclic) bond motifs is 1. The van der Waals surface area contributed by atoms with E-state index >= 15 is 0 Å². The summed E-state index contributed by atoms with van der Waals surface area (Å²) in [6.45, 7) is 7.94. The second kappa shape index (κ2) is 2.46. The summed E-state index contributed by atoms with van der Waals surface area (Å²) in [7, 11) is 0. The highest BCUT2D eigenvalue weighted by Gasteiger charge is 2.28. The Hall–Kier alpha value is -0.560. The zero-order valence-electron chi connectivity index (χ0n) is 8.15. The van der Waals surface area contributed by atoms with Crippen LogP contribution in [0, 0.1) is 5.41 Å². The number of piperidine rings is 1. The fourth-order valence-electron chi connectivity index (χ4n) is 2.22. The van der Waals surface area contributed by atoms with Gasteiger partial charge in [0.2, 0.25) is 0 Å². The van der Waals surface area contributed by atoms with Crippen LogP contribution in [0.4, 0.5) is 0 Å². The van der Waals surface area contributed by atoms with E-state index in [1.165, 1.54) is 12.0 Å². The van der Waals surface area contributed by atoms with Gasteiger partial charge in [-0.05, 0) is 31.0 Å². The normalized spacial score (nSPS) is 32.4. The molecule has 0 saturated carbocycles. The van der Waals surface area contributed by atoms with E-state index in [-0.39, 0.29) is 0 Å². The zero-order valence-corrected chi connectivity index (χ0v) is 8.15. The molecule has 12 heavy (non-hydrogen) atoms. The van der Waals surface area contributed by atoms with E-state index in [2.05, 4.69) is 38.2 Å². The van der Waals surface area contributed by atoms with Crippen molar-refractivity contribution in [1.29, 1.82) is 0 Å². The molecule has 1 fully saturated rings. The zero-order chi connectivity index (χ0) is 8.77. The summed E-state index contributed by atoms with van der Waals surface area (Å²) < 4.78 is 0. The molecule has 1 aliphatic carbocycles. The minimum absolute atomic E-state index is 0.297. The molecule has 0 aromatic heterocycles. The van der Waals surface area contributed by atoms with Gasteiger partial charge in [0.25, 0.3) is 0 Å². The SMILES string of the molecule is CC1NCCC2=CC(C)(C)C=C21. The molecule has 0 spiro atoms. The Kier molecular flexibility index (Phi) is 1.65. The summed E-state index contributed by atoms with van der Waals surface area (Å²) in [4.78, 5) is 0. The van der Waals surface area contributed by atoms with Crippen LogP contribution in [0.5, 0.6) is 0 Å².